The number of phosphoric acid groups is 1. The first kappa shape index (κ1) is 15.9. The summed E-state index contributed by atoms with van der Waals surface area (Å²) in [5, 5.41) is 46.7. The molecular formula is C7H15O10P. The number of aliphatic hydroxyl groups excluding tert-OH is 4. The van der Waals surface area contributed by atoms with Crippen molar-refractivity contribution in [3.63, 3.8) is 0 Å². The van der Waals surface area contributed by atoms with Gasteiger partial charge in [-0.1, -0.05) is 0 Å². The molecule has 0 aromatic carbocycles. The van der Waals surface area contributed by atoms with Crippen LogP contribution in [0.5, 0.6) is 0 Å². The molecule has 0 spiro atoms. The van der Waals surface area contributed by atoms with Crippen molar-refractivity contribution < 1.29 is 49.1 Å². The molecule has 0 radical (unpaired) electrons. The average Bonchev–Trinajstić information content (AvgIpc) is 2.28. The number of hydrogen-bond acceptors (Lipinski definition) is 8. The van der Waals surface area contributed by atoms with Crippen LogP contribution in [0.2, 0.25) is 0 Å². The van der Waals surface area contributed by atoms with Gasteiger partial charge < -0.3 is 40.1 Å². The molecule has 1 unspecified atom stereocenters. The largest absolute Gasteiger partial charge is 0.469 e. The maximum Gasteiger partial charge on any atom is 0.469 e. The highest BCUT2D eigenvalue weighted by Crippen LogP contribution is 2.37. The Bertz CT molecular complexity index is 330. The van der Waals surface area contributed by atoms with Crippen molar-refractivity contribution >= 4 is 7.82 Å². The van der Waals surface area contributed by atoms with Crippen molar-refractivity contribution in [1.82, 2.24) is 0 Å². The minimum atomic E-state index is -4.82. The number of phosphoric ester groups is 1. The van der Waals surface area contributed by atoms with Gasteiger partial charge in [0.1, 0.15) is 24.4 Å². The number of hydrogen-bond donors (Lipinski definition) is 7. The van der Waals surface area contributed by atoms with Gasteiger partial charge in [-0.25, -0.2) is 4.57 Å². The van der Waals surface area contributed by atoms with Gasteiger partial charge in [0, 0.05) is 0 Å². The fourth-order valence-corrected chi connectivity index (χ4v) is 1.85. The number of ether oxygens (including phenoxy) is 1. The van der Waals surface area contributed by atoms with Crippen molar-refractivity contribution in [3.8, 4) is 0 Å². The molecule has 0 aromatic rings. The second-order valence-corrected chi connectivity index (χ2v) is 5.11. The number of rotatable bonds is 4. The second-order valence-electron chi connectivity index (χ2n) is 3.87. The first-order valence-electron chi connectivity index (χ1n) is 4.86. The fourth-order valence-electron chi connectivity index (χ4n) is 1.51. The summed E-state index contributed by atoms with van der Waals surface area (Å²) in [5.41, 5.74) is 0. The van der Waals surface area contributed by atoms with E-state index in [2.05, 4.69) is 4.52 Å². The quantitative estimate of drug-likeness (QED) is 0.254. The topological polar surface area (TPSA) is 177 Å². The Labute approximate surface area is 101 Å². The van der Waals surface area contributed by atoms with Gasteiger partial charge in [-0.05, 0) is 0 Å². The maximum absolute atomic E-state index is 10.5. The van der Waals surface area contributed by atoms with E-state index in [0.29, 0.717) is 0 Å². The second kappa shape index (κ2) is 5.47. The Morgan fingerprint density at radius 2 is 1.78 bits per heavy atom. The van der Waals surface area contributed by atoms with Gasteiger partial charge in [0.2, 0.25) is 5.79 Å². The highest BCUT2D eigenvalue weighted by atomic mass is 31.2. The Hall–Kier alpha value is -0.130. The predicted molar refractivity (Wildman–Crippen MR) is 52.9 cm³/mol. The summed E-state index contributed by atoms with van der Waals surface area (Å²) >= 11 is 0. The highest BCUT2D eigenvalue weighted by molar-refractivity contribution is 7.46. The summed E-state index contributed by atoms with van der Waals surface area (Å²) in [5.74, 6) is -2.55. The van der Waals surface area contributed by atoms with Crippen LogP contribution in [0.4, 0.5) is 0 Å². The smallest absolute Gasteiger partial charge is 0.391 e. The molecule has 1 aliphatic rings. The van der Waals surface area contributed by atoms with Crippen molar-refractivity contribution in [2.45, 2.75) is 30.2 Å². The van der Waals surface area contributed by atoms with Crippen LogP contribution in [0, 0.1) is 0 Å². The van der Waals surface area contributed by atoms with Crippen LogP contribution in [0.15, 0.2) is 0 Å². The summed E-state index contributed by atoms with van der Waals surface area (Å²) in [6, 6.07) is 0. The van der Waals surface area contributed by atoms with E-state index in [1.54, 1.807) is 0 Å². The van der Waals surface area contributed by atoms with E-state index in [9.17, 15) is 25.0 Å². The van der Waals surface area contributed by atoms with Gasteiger partial charge in [-0.2, -0.15) is 0 Å². The van der Waals surface area contributed by atoms with E-state index in [4.69, 9.17) is 19.6 Å². The molecule has 1 saturated heterocycles. The van der Waals surface area contributed by atoms with Crippen molar-refractivity contribution in [2.24, 2.45) is 0 Å². The maximum atomic E-state index is 10.5. The van der Waals surface area contributed by atoms with E-state index < -0.39 is 51.2 Å². The van der Waals surface area contributed by atoms with Gasteiger partial charge >= 0.3 is 7.82 Å². The standard InChI is InChI=1S/C7H15O10P/c8-2-7(12)6(11)5(10)4(9)3(17-7)1-16-18(13,14)15/h3-6,8-12H,1-2H2,(H2,13,14,15)/t3-,4-,5-,6+,7?/m0/s1. The lowest BCUT2D eigenvalue weighted by Crippen LogP contribution is -2.66. The molecule has 0 amide bonds. The summed E-state index contributed by atoms with van der Waals surface area (Å²) < 4.78 is 19.2. The Morgan fingerprint density at radius 1 is 1.22 bits per heavy atom. The van der Waals surface area contributed by atoms with Crippen LogP contribution in [0.1, 0.15) is 0 Å². The normalized spacial score (nSPS) is 41.9. The lowest BCUT2D eigenvalue weighted by Gasteiger charge is -2.44. The van der Waals surface area contributed by atoms with Gasteiger partial charge in [0.25, 0.3) is 0 Å². The van der Waals surface area contributed by atoms with Crippen LogP contribution in [-0.2, 0) is 13.8 Å². The molecule has 11 heteroatoms. The van der Waals surface area contributed by atoms with Crippen LogP contribution in [-0.4, -0.2) is 78.7 Å². The van der Waals surface area contributed by atoms with E-state index in [1.165, 1.54) is 0 Å². The van der Waals surface area contributed by atoms with Crippen molar-refractivity contribution in [1.29, 1.82) is 0 Å². The minimum Gasteiger partial charge on any atom is -0.391 e. The molecule has 0 aromatic heterocycles. The summed E-state index contributed by atoms with van der Waals surface area (Å²) in [6.45, 7) is -1.94. The van der Waals surface area contributed by atoms with Gasteiger partial charge in [-0.15, -0.1) is 0 Å². The third-order valence-corrected chi connectivity index (χ3v) is 2.99. The SMILES string of the molecule is O=P(O)(O)OC[C@@H]1OC(O)(CO)[C@H](O)[C@@H](O)[C@H]1O. The van der Waals surface area contributed by atoms with Crippen LogP contribution in [0.25, 0.3) is 0 Å². The van der Waals surface area contributed by atoms with Crippen LogP contribution >= 0.6 is 7.82 Å². The fraction of sp³-hybridized carbons (Fsp3) is 1.00. The van der Waals surface area contributed by atoms with E-state index in [0.717, 1.165) is 0 Å². The molecular weight excluding hydrogens is 275 g/mol. The molecule has 1 rings (SSSR count). The average molecular weight is 290 g/mol. The molecule has 0 saturated carbocycles. The first-order valence-corrected chi connectivity index (χ1v) is 6.39. The Kier molecular flexibility index (Phi) is 4.84. The van der Waals surface area contributed by atoms with Crippen LogP contribution in [0.3, 0.4) is 0 Å². The Morgan fingerprint density at radius 3 is 2.22 bits per heavy atom. The van der Waals surface area contributed by atoms with E-state index in [1.807, 2.05) is 0 Å². The van der Waals surface area contributed by atoms with Crippen LogP contribution < -0.4 is 0 Å². The van der Waals surface area contributed by atoms with Gasteiger partial charge in [0.05, 0.1) is 13.2 Å². The molecule has 10 nitrogen and oxygen atoms in total. The summed E-state index contributed by atoms with van der Waals surface area (Å²) in [4.78, 5) is 16.9. The Balaban J connectivity index is 2.77. The third kappa shape index (κ3) is 3.45. The highest BCUT2D eigenvalue weighted by Gasteiger charge is 2.52. The molecule has 108 valence electrons. The molecule has 1 fully saturated rings. The summed E-state index contributed by atoms with van der Waals surface area (Å²) in [7, 11) is -4.82. The van der Waals surface area contributed by atoms with Gasteiger partial charge in [0.15, 0.2) is 0 Å². The zero-order chi connectivity index (χ0) is 14.1. The molecule has 18 heavy (non-hydrogen) atoms. The van der Waals surface area contributed by atoms with Crippen molar-refractivity contribution in [2.75, 3.05) is 13.2 Å². The zero-order valence-electron chi connectivity index (χ0n) is 9.03. The molecule has 1 heterocycles. The monoisotopic (exact) mass is 290 g/mol. The molecule has 5 atom stereocenters. The zero-order valence-corrected chi connectivity index (χ0v) is 9.92. The third-order valence-electron chi connectivity index (χ3n) is 2.51. The van der Waals surface area contributed by atoms with E-state index >= 15 is 0 Å². The summed E-state index contributed by atoms with van der Waals surface area (Å²) in [6.07, 6.45) is -7.14. The lowest BCUT2D eigenvalue weighted by molar-refractivity contribution is -0.357. The molecule has 1 aliphatic heterocycles. The minimum absolute atomic E-state index is 0.850. The molecule has 7 N–H and O–H groups in total. The first-order chi connectivity index (χ1) is 8.10. The van der Waals surface area contributed by atoms with Gasteiger partial charge in [-0.3, -0.25) is 4.52 Å². The number of aliphatic hydroxyl groups is 5. The van der Waals surface area contributed by atoms with E-state index in [-0.39, 0.29) is 0 Å². The van der Waals surface area contributed by atoms with Crippen molar-refractivity contribution in [3.05, 3.63) is 0 Å². The lowest BCUT2D eigenvalue weighted by atomic mass is 9.93. The molecule has 0 aliphatic carbocycles. The predicted octanol–water partition coefficient (Wildman–Crippen LogP) is -3.74. The molecule has 0 bridgehead atoms.